The monoisotopic (exact) mass is 300 g/mol. The third kappa shape index (κ3) is 2.78. The van der Waals surface area contributed by atoms with Crippen LogP contribution in [0.15, 0.2) is 42.5 Å². The maximum Gasteiger partial charge on any atom is 0.0645 e. The number of nitrogens with zero attached hydrogens (tertiary/aromatic N) is 1. The molecule has 1 heterocycles. The van der Waals surface area contributed by atoms with E-state index in [4.69, 9.17) is 17.3 Å². The summed E-state index contributed by atoms with van der Waals surface area (Å²) >= 11 is 6.52. The van der Waals surface area contributed by atoms with Crippen LogP contribution in [0.1, 0.15) is 24.5 Å². The Morgan fingerprint density at radius 1 is 1.19 bits per heavy atom. The van der Waals surface area contributed by atoms with Gasteiger partial charge in [0, 0.05) is 18.3 Å². The van der Waals surface area contributed by atoms with Gasteiger partial charge < -0.3 is 10.6 Å². The predicted molar refractivity (Wildman–Crippen MR) is 90.6 cm³/mol. The van der Waals surface area contributed by atoms with Gasteiger partial charge in [-0.3, -0.25) is 0 Å². The molecule has 0 aromatic heterocycles. The van der Waals surface area contributed by atoms with Gasteiger partial charge in [0.2, 0.25) is 0 Å². The van der Waals surface area contributed by atoms with E-state index in [0.29, 0.717) is 0 Å². The molecule has 3 heteroatoms. The predicted octanol–water partition coefficient (Wildman–Crippen LogP) is 4.31. The van der Waals surface area contributed by atoms with E-state index in [1.54, 1.807) is 0 Å². The van der Waals surface area contributed by atoms with Crippen LogP contribution in [0.5, 0.6) is 0 Å². The van der Waals surface area contributed by atoms with Crippen LogP contribution in [0.3, 0.4) is 0 Å². The second kappa shape index (κ2) is 6.08. The lowest BCUT2D eigenvalue weighted by Crippen LogP contribution is -2.23. The summed E-state index contributed by atoms with van der Waals surface area (Å²) in [6.45, 7) is 3.11. The summed E-state index contributed by atoms with van der Waals surface area (Å²) in [6, 6.07) is 14.9. The maximum atomic E-state index is 6.52. The lowest BCUT2D eigenvalue weighted by molar-refractivity contribution is 0.646. The summed E-state index contributed by atoms with van der Waals surface area (Å²) in [4.78, 5) is 2.34. The van der Waals surface area contributed by atoms with Crippen molar-refractivity contribution in [3.63, 3.8) is 0 Å². The summed E-state index contributed by atoms with van der Waals surface area (Å²) in [6.07, 6.45) is 2.91. The Morgan fingerprint density at radius 2 is 2.00 bits per heavy atom. The molecule has 2 aromatic rings. The van der Waals surface area contributed by atoms with E-state index < -0.39 is 0 Å². The quantitative estimate of drug-likeness (QED) is 0.911. The van der Waals surface area contributed by atoms with Crippen molar-refractivity contribution in [1.82, 2.24) is 0 Å². The van der Waals surface area contributed by atoms with Gasteiger partial charge in [-0.2, -0.15) is 0 Å². The van der Waals surface area contributed by atoms with Crippen LogP contribution in [0.2, 0.25) is 5.02 Å². The highest BCUT2D eigenvalue weighted by atomic mass is 35.5. The molecule has 0 fully saturated rings. The van der Waals surface area contributed by atoms with E-state index in [1.165, 1.54) is 16.8 Å². The Kier molecular flexibility index (Phi) is 4.18. The summed E-state index contributed by atoms with van der Waals surface area (Å²) < 4.78 is 0. The summed E-state index contributed by atoms with van der Waals surface area (Å²) in [7, 11) is 0. The molecule has 1 aliphatic rings. The Hall–Kier alpha value is -1.51. The van der Waals surface area contributed by atoms with Gasteiger partial charge in [-0.1, -0.05) is 48.9 Å². The highest BCUT2D eigenvalue weighted by molar-refractivity contribution is 6.33. The van der Waals surface area contributed by atoms with Gasteiger partial charge in [0.05, 0.1) is 10.7 Å². The van der Waals surface area contributed by atoms with Crippen molar-refractivity contribution in [2.24, 2.45) is 5.73 Å². The van der Waals surface area contributed by atoms with Crippen molar-refractivity contribution in [2.45, 2.75) is 32.2 Å². The fourth-order valence-electron chi connectivity index (χ4n) is 3.02. The van der Waals surface area contributed by atoms with Crippen molar-refractivity contribution >= 4 is 23.0 Å². The number of hydrogen-bond acceptors (Lipinski definition) is 2. The number of hydrogen-bond donors (Lipinski definition) is 1. The highest BCUT2D eigenvalue weighted by Crippen LogP contribution is 2.40. The Morgan fingerprint density at radius 3 is 2.81 bits per heavy atom. The van der Waals surface area contributed by atoms with Crippen LogP contribution in [0, 0.1) is 0 Å². The molecule has 1 unspecified atom stereocenters. The first-order valence-corrected chi connectivity index (χ1v) is 7.97. The van der Waals surface area contributed by atoms with Gasteiger partial charge in [0.25, 0.3) is 0 Å². The molecule has 2 aromatic carbocycles. The number of anilines is 2. The number of para-hydroxylation sites is 2. The van der Waals surface area contributed by atoms with Crippen LogP contribution in [-0.2, 0) is 12.8 Å². The lowest BCUT2D eigenvalue weighted by atomic mass is 10.0. The van der Waals surface area contributed by atoms with Crippen LogP contribution in [0.25, 0.3) is 0 Å². The average Bonchev–Trinajstić information content (AvgIpc) is 2.91. The zero-order valence-electron chi connectivity index (χ0n) is 12.3. The molecule has 0 saturated heterocycles. The molecule has 21 heavy (non-hydrogen) atoms. The number of rotatable bonds is 4. The van der Waals surface area contributed by atoms with Crippen molar-refractivity contribution in [1.29, 1.82) is 0 Å². The van der Waals surface area contributed by atoms with Crippen LogP contribution in [-0.4, -0.2) is 12.6 Å². The topological polar surface area (TPSA) is 29.3 Å². The van der Waals surface area contributed by atoms with Gasteiger partial charge in [0.1, 0.15) is 0 Å². The van der Waals surface area contributed by atoms with Crippen molar-refractivity contribution in [3.05, 3.63) is 58.6 Å². The second-order valence-corrected chi connectivity index (χ2v) is 6.06. The number of halogens is 1. The Balaban J connectivity index is 2.03. The lowest BCUT2D eigenvalue weighted by Gasteiger charge is -2.25. The molecule has 0 saturated carbocycles. The zero-order valence-corrected chi connectivity index (χ0v) is 13.1. The molecule has 0 aliphatic carbocycles. The van der Waals surface area contributed by atoms with E-state index in [1.807, 2.05) is 12.1 Å². The molecule has 2 nitrogen and oxygen atoms in total. The molecule has 2 N–H and O–H groups in total. The fourth-order valence-corrected chi connectivity index (χ4v) is 3.32. The SMILES string of the molecule is CCC(N)Cc1cccc(Cl)c1N1CCc2ccccc21. The minimum absolute atomic E-state index is 0.181. The Bertz CT molecular complexity index is 639. The van der Waals surface area contributed by atoms with Crippen LogP contribution < -0.4 is 10.6 Å². The van der Waals surface area contributed by atoms with Gasteiger partial charge in [-0.25, -0.2) is 0 Å². The summed E-state index contributed by atoms with van der Waals surface area (Å²) in [5, 5.41) is 0.813. The van der Waals surface area contributed by atoms with Gasteiger partial charge in [-0.05, 0) is 42.5 Å². The van der Waals surface area contributed by atoms with E-state index in [-0.39, 0.29) is 6.04 Å². The largest absolute Gasteiger partial charge is 0.339 e. The normalized spacial score (nSPS) is 15.1. The molecule has 1 aliphatic heterocycles. The fraction of sp³-hybridized carbons (Fsp3) is 0.333. The average molecular weight is 301 g/mol. The number of nitrogens with two attached hydrogens (primary N) is 1. The third-order valence-corrected chi connectivity index (χ3v) is 4.54. The van der Waals surface area contributed by atoms with Crippen molar-refractivity contribution in [2.75, 3.05) is 11.4 Å². The van der Waals surface area contributed by atoms with Gasteiger partial charge in [-0.15, -0.1) is 0 Å². The van der Waals surface area contributed by atoms with E-state index in [9.17, 15) is 0 Å². The smallest absolute Gasteiger partial charge is 0.0645 e. The maximum absolute atomic E-state index is 6.52. The molecule has 0 spiro atoms. The molecule has 1 atom stereocenters. The first-order chi connectivity index (χ1) is 10.2. The van der Waals surface area contributed by atoms with E-state index in [0.717, 1.165) is 36.5 Å². The molecular formula is C18H21ClN2. The first-order valence-electron chi connectivity index (χ1n) is 7.59. The second-order valence-electron chi connectivity index (χ2n) is 5.65. The summed E-state index contributed by atoms with van der Waals surface area (Å²) in [5.41, 5.74) is 11.2. The Labute approximate surface area is 131 Å². The van der Waals surface area contributed by atoms with E-state index in [2.05, 4.69) is 42.2 Å². The number of benzene rings is 2. The molecule has 110 valence electrons. The minimum atomic E-state index is 0.181. The van der Waals surface area contributed by atoms with Crippen LogP contribution >= 0.6 is 11.6 Å². The molecule has 0 radical (unpaired) electrons. The van der Waals surface area contributed by atoms with Crippen molar-refractivity contribution in [3.8, 4) is 0 Å². The zero-order chi connectivity index (χ0) is 14.8. The standard InChI is InChI=1S/C18H21ClN2/c1-2-15(20)12-14-7-5-8-16(19)18(14)21-11-10-13-6-3-4-9-17(13)21/h3-9,15H,2,10-12,20H2,1H3. The highest BCUT2D eigenvalue weighted by Gasteiger charge is 2.24. The van der Waals surface area contributed by atoms with Gasteiger partial charge >= 0.3 is 0 Å². The molecule has 0 amide bonds. The van der Waals surface area contributed by atoms with Gasteiger partial charge in [0.15, 0.2) is 0 Å². The summed E-state index contributed by atoms with van der Waals surface area (Å²) in [5.74, 6) is 0. The molecule has 3 rings (SSSR count). The minimum Gasteiger partial charge on any atom is -0.339 e. The third-order valence-electron chi connectivity index (χ3n) is 4.23. The van der Waals surface area contributed by atoms with Crippen molar-refractivity contribution < 1.29 is 0 Å². The number of fused-ring (bicyclic) bond motifs is 1. The first kappa shape index (κ1) is 14.4. The molecular weight excluding hydrogens is 280 g/mol. The van der Waals surface area contributed by atoms with E-state index >= 15 is 0 Å². The molecule has 0 bridgehead atoms. The van der Waals surface area contributed by atoms with Crippen LogP contribution in [0.4, 0.5) is 11.4 Å².